The molecule has 0 aliphatic heterocycles. The lowest BCUT2D eigenvalue weighted by Crippen LogP contribution is -2.39. The Hall–Kier alpha value is -2.20. The van der Waals surface area contributed by atoms with Gasteiger partial charge in [0.25, 0.3) is 0 Å². The number of hydrogen-bond acceptors (Lipinski definition) is 7. The molecule has 0 fully saturated rings. The molecule has 8 N–H and O–H groups in total. The first-order valence-corrected chi connectivity index (χ1v) is 6.12. The second kappa shape index (κ2) is 8.95. The molecule has 0 saturated carbocycles. The second-order valence-corrected chi connectivity index (χ2v) is 4.47. The van der Waals surface area contributed by atoms with Crippen LogP contribution in [0.3, 0.4) is 0 Å². The van der Waals surface area contributed by atoms with Gasteiger partial charge in [-0.2, -0.15) is 0 Å². The van der Waals surface area contributed by atoms with Crippen molar-refractivity contribution < 1.29 is 40.2 Å². The van der Waals surface area contributed by atoms with Crippen LogP contribution >= 0.6 is 0 Å². The Morgan fingerprint density at radius 1 is 1.05 bits per heavy atom. The van der Waals surface area contributed by atoms with Crippen LogP contribution in [0.15, 0.2) is 24.3 Å². The third-order valence-electron chi connectivity index (χ3n) is 2.51. The molecule has 1 aromatic rings. The molecule has 0 aliphatic carbocycles. The van der Waals surface area contributed by atoms with Gasteiger partial charge in [0.15, 0.2) is 12.2 Å². The fourth-order valence-electron chi connectivity index (χ4n) is 1.28. The van der Waals surface area contributed by atoms with Crippen molar-refractivity contribution in [1.29, 1.82) is 0 Å². The van der Waals surface area contributed by atoms with Gasteiger partial charge in [0.05, 0.1) is 6.10 Å². The summed E-state index contributed by atoms with van der Waals surface area (Å²) in [5.41, 5.74) is 6.13. The van der Waals surface area contributed by atoms with Crippen molar-refractivity contribution in [2.45, 2.75) is 31.3 Å². The number of carbonyl (C=O) groups is 2. The zero-order valence-corrected chi connectivity index (χ0v) is 11.7. The van der Waals surface area contributed by atoms with Gasteiger partial charge in [-0.05, 0) is 24.6 Å². The van der Waals surface area contributed by atoms with E-state index in [4.69, 9.17) is 31.3 Å². The maximum absolute atomic E-state index is 9.77. The van der Waals surface area contributed by atoms with E-state index in [1.807, 2.05) is 0 Å². The van der Waals surface area contributed by atoms with E-state index >= 15 is 0 Å². The number of aromatic hydroxyl groups is 1. The summed E-state index contributed by atoms with van der Waals surface area (Å²) in [4.78, 5) is 19.5. The molecular weight excluding hydrogens is 298 g/mol. The molecule has 22 heavy (non-hydrogen) atoms. The number of benzene rings is 1. The molecule has 0 amide bonds. The molecular formula is C13H19NO8. The van der Waals surface area contributed by atoms with E-state index in [2.05, 4.69) is 0 Å². The molecule has 0 heterocycles. The van der Waals surface area contributed by atoms with Gasteiger partial charge in [-0.15, -0.1) is 0 Å². The molecule has 9 heteroatoms. The van der Waals surface area contributed by atoms with Crippen molar-refractivity contribution in [1.82, 2.24) is 0 Å². The molecule has 4 atom stereocenters. The molecule has 0 bridgehead atoms. The van der Waals surface area contributed by atoms with Crippen molar-refractivity contribution in [3.63, 3.8) is 0 Å². The van der Waals surface area contributed by atoms with Crippen LogP contribution in [0.4, 0.5) is 0 Å². The number of nitrogens with two attached hydrogens (primary N) is 1. The molecule has 0 aliphatic rings. The summed E-state index contributed by atoms with van der Waals surface area (Å²) in [6.07, 6.45) is -5.24. The highest BCUT2D eigenvalue weighted by atomic mass is 16.4. The molecule has 0 radical (unpaired) electrons. The number of hydrogen-bond donors (Lipinski definition) is 7. The van der Waals surface area contributed by atoms with Gasteiger partial charge in [-0.3, -0.25) is 0 Å². The highest BCUT2D eigenvalue weighted by Crippen LogP contribution is 2.19. The Morgan fingerprint density at radius 2 is 1.50 bits per heavy atom. The lowest BCUT2D eigenvalue weighted by molar-refractivity contribution is -0.165. The number of aliphatic carboxylic acids is 2. The highest BCUT2D eigenvalue weighted by molar-refractivity contribution is 5.83. The standard InChI is InChI=1S/C9H13NO2.C4H6O6/c1-6(10)9(12)7-3-2-4-8(11)5-7;5-1(3(7)8)2(6)4(9)10/h2-6,9,11-12H,10H2,1H3;1-2,5-6H,(H,7,8)(H,9,10)/t6-,9+;/m1./s1. The lowest BCUT2D eigenvalue weighted by Gasteiger charge is -2.14. The van der Waals surface area contributed by atoms with Gasteiger partial charge in [0, 0.05) is 6.04 Å². The first-order valence-electron chi connectivity index (χ1n) is 6.12. The monoisotopic (exact) mass is 317 g/mol. The fourth-order valence-corrected chi connectivity index (χ4v) is 1.28. The van der Waals surface area contributed by atoms with E-state index in [0.717, 1.165) is 0 Å². The summed E-state index contributed by atoms with van der Waals surface area (Å²) >= 11 is 0. The zero-order valence-electron chi connectivity index (χ0n) is 11.7. The number of phenolic OH excluding ortho intramolecular Hbond substituents is 1. The van der Waals surface area contributed by atoms with E-state index < -0.39 is 30.3 Å². The summed E-state index contributed by atoms with van der Waals surface area (Å²) < 4.78 is 0. The van der Waals surface area contributed by atoms with Crippen LogP contribution in [-0.2, 0) is 9.59 Å². The summed E-state index contributed by atoms with van der Waals surface area (Å²) in [5, 5.41) is 51.1. The number of carboxylic acids is 2. The largest absolute Gasteiger partial charge is 0.508 e. The Kier molecular flexibility index (Phi) is 8.05. The van der Waals surface area contributed by atoms with Crippen molar-refractivity contribution >= 4 is 11.9 Å². The topological polar surface area (TPSA) is 182 Å². The van der Waals surface area contributed by atoms with Crippen molar-refractivity contribution in [3.8, 4) is 5.75 Å². The predicted molar refractivity (Wildman–Crippen MR) is 74.0 cm³/mol. The minimum Gasteiger partial charge on any atom is -0.508 e. The zero-order chi connectivity index (χ0) is 17.4. The molecule has 124 valence electrons. The summed E-state index contributed by atoms with van der Waals surface area (Å²) in [7, 11) is 0. The Bertz CT molecular complexity index is 487. The summed E-state index contributed by atoms with van der Waals surface area (Å²) in [6, 6.07) is 6.14. The lowest BCUT2D eigenvalue weighted by atomic mass is 10.0. The highest BCUT2D eigenvalue weighted by Gasteiger charge is 2.29. The Balaban J connectivity index is 0.000000409. The number of rotatable bonds is 5. The minimum atomic E-state index is -2.27. The quantitative estimate of drug-likeness (QED) is 0.345. The van der Waals surface area contributed by atoms with Crippen LogP contribution < -0.4 is 5.73 Å². The summed E-state index contributed by atoms with van der Waals surface area (Å²) in [5.74, 6) is -3.39. The van der Waals surface area contributed by atoms with E-state index in [9.17, 15) is 14.7 Å². The molecule has 1 rings (SSSR count). The molecule has 0 saturated heterocycles. The van der Waals surface area contributed by atoms with Gasteiger partial charge < -0.3 is 36.4 Å². The van der Waals surface area contributed by atoms with Crippen LogP contribution in [0, 0.1) is 0 Å². The van der Waals surface area contributed by atoms with Gasteiger partial charge in [0.1, 0.15) is 5.75 Å². The average Bonchev–Trinajstić information content (AvgIpc) is 2.45. The number of aliphatic hydroxyl groups is 3. The summed E-state index contributed by atoms with van der Waals surface area (Å²) in [6.45, 7) is 1.72. The van der Waals surface area contributed by atoms with E-state index in [1.165, 1.54) is 6.07 Å². The van der Waals surface area contributed by atoms with Gasteiger partial charge >= 0.3 is 11.9 Å². The van der Waals surface area contributed by atoms with Crippen molar-refractivity contribution in [2.75, 3.05) is 0 Å². The number of aliphatic hydroxyl groups excluding tert-OH is 3. The predicted octanol–water partition coefficient (Wildman–Crippen LogP) is -1.35. The van der Waals surface area contributed by atoms with Crippen LogP contribution in [0.25, 0.3) is 0 Å². The Labute approximate surface area is 125 Å². The molecule has 9 nitrogen and oxygen atoms in total. The van der Waals surface area contributed by atoms with Crippen molar-refractivity contribution in [3.05, 3.63) is 29.8 Å². The first-order chi connectivity index (χ1) is 10.1. The van der Waals surface area contributed by atoms with E-state index in [0.29, 0.717) is 5.56 Å². The van der Waals surface area contributed by atoms with E-state index in [1.54, 1.807) is 25.1 Å². The molecule has 0 spiro atoms. The first kappa shape index (κ1) is 19.8. The smallest absolute Gasteiger partial charge is 0.335 e. The third-order valence-corrected chi connectivity index (χ3v) is 2.51. The molecule has 0 aromatic heterocycles. The van der Waals surface area contributed by atoms with Gasteiger partial charge in [-0.1, -0.05) is 12.1 Å². The number of phenols is 1. The Morgan fingerprint density at radius 3 is 1.82 bits per heavy atom. The van der Waals surface area contributed by atoms with Gasteiger partial charge in [0.2, 0.25) is 0 Å². The van der Waals surface area contributed by atoms with Crippen LogP contribution in [0.1, 0.15) is 18.6 Å². The third kappa shape index (κ3) is 6.50. The van der Waals surface area contributed by atoms with Crippen LogP contribution in [0.2, 0.25) is 0 Å². The molecule has 2 unspecified atom stereocenters. The number of carboxylic acid groups (broad SMARTS) is 2. The maximum atomic E-state index is 9.77. The average molecular weight is 317 g/mol. The van der Waals surface area contributed by atoms with E-state index in [-0.39, 0.29) is 11.8 Å². The fraction of sp³-hybridized carbons (Fsp3) is 0.385. The second-order valence-electron chi connectivity index (χ2n) is 4.47. The van der Waals surface area contributed by atoms with Crippen LogP contribution in [-0.4, -0.2) is 60.8 Å². The normalized spacial score (nSPS) is 15.7. The van der Waals surface area contributed by atoms with Crippen LogP contribution in [0.5, 0.6) is 5.75 Å². The van der Waals surface area contributed by atoms with Gasteiger partial charge in [-0.25, -0.2) is 9.59 Å². The maximum Gasteiger partial charge on any atom is 0.335 e. The van der Waals surface area contributed by atoms with Crippen molar-refractivity contribution in [2.24, 2.45) is 5.73 Å². The molecule has 1 aromatic carbocycles. The minimum absolute atomic E-state index is 0.146. The SMILES string of the molecule is C[C@@H](N)[C@H](O)c1cccc(O)c1.O=C(O)C(O)C(O)C(=O)O.